The lowest BCUT2D eigenvalue weighted by Crippen LogP contribution is -2.29. The molecular weight excluding hydrogens is 344 g/mol. The minimum absolute atomic E-state index is 0.182. The van der Waals surface area contributed by atoms with E-state index in [1.807, 2.05) is 32.0 Å². The van der Waals surface area contributed by atoms with E-state index in [0.717, 1.165) is 44.9 Å². The number of fused-ring (bicyclic) bond motifs is 1. The molecule has 0 radical (unpaired) electrons. The molecule has 8 heteroatoms. The first-order valence-electron chi connectivity index (χ1n) is 7.87. The molecule has 0 bridgehead atoms. The van der Waals surface area contributed by atoms with Crippen molar-refractivity contribution in [2.24, 2.45) is 0 Å². The molecule has 1 aliphatic heterocycles. The lowest BCUT2D eigenvalue weighted by molar-refractivity contribution is 0.252. The highest BCUT2D eigenvalue weighted by molar-refractivity contribution is 8.01. The van der Waals surface area contributed by atoms with Crippen LogP contribution in [0.3, 0.4) is 0 Å². The van der Waals surface area contributed by atoms with Gasteiger partial charge in [0.15, 0.2) is 4.34 Å². The first-order valence-corrected chi connectivity index (χ1v) is 9.68. The quantitative estimate of drug-likeness (QED) is 0.606. The van der Waals surface area contributed by atoms with Crippen molar-refractivity contribution < 1.29 is 9.53 Å². The summed E-state index contributed by atoms with van der Waals surface area (Å²) in [6, 6.07) is 5.57. The van der Waals surface area contributed by atoms with Gasteiger partial charge in [0.05, 0.1) is 0 Å². The van der Waals surface area contributed by atoms with Crippen LogP contribution in [0.4, 0.5) is 10.5 Å². The van der Waals surface area contributed by atoms with Crippen molar-refractivity contribution in [1.82, 2.24) is 15.5 Å². The molecule has 0 fully saturated rings. The summed E-state index contributed by atoms with van der Waals surface area (Å²) in [7, 11) is 0. The Kier molecular flexibility index (Phi) is 5.57. The Morgan fingerprint density at radius 3 is 3.12 bits per heavy atom. The fourth-order valence-electron chi connectivity index (χ4n) is 2.45. The van der Waals surface area contributed by atoms with Gasteiger partial charge in [0.1, 0.15) is 16.9 Å². The van der Waals surface area contributed by atoms with E-state index in [1.54, 1.807) is 23.1 Å². The zero-order chi connectivity index (χ0) is 16.9. The maximum atomic E-state index is 11.9. The second-order valence-electron chi connectivity index (χ2n) is 5.62. The van der Waals surface area contributed by atoms with E-state index in [1.165, 1.54) is 0 Å². The summed E-state index contributed by atoms with van der Waals surface area (Å²) in [4.78, 5) is 11.9. The van der Waals surface area contributed by atoms with E-state index in [-0.39, 0.29) is 12.1 Å². The van der Waals surface area contributed by atoms with Crippen LogP contribution < -0.4 is 15.4 Å². The molecule has 2 aromatic rings. The average molecular weight is 364 g/mol. The van der Waals surface area contributed by atoms with Crippen LogP contribution in [0.1, 0.15) is 23.9 Å². The zero-order valence-corrected chi connectivity index (χ0v) is 15.3. The predicted molar refractivity (Wildman–Crippen MR) is 97.2 cm³/mol. The largest absolute Gasteiger partial charge is 0.490 e. The topological polar surface area (TPSA) is 76.1 Å². The monoisotopic (exact) mass is 364 g/mol. The van der Waals surface area contributed by atoms with Crippen LogP contribution in [0.25, 0.3) is 0 Å². The normalized spacial score (nSPS) is 15.7. The highest BCUT2D eigenvalue weighted by atomic mass is 32.2. The number of anilines is 1. The summed E-state index contributed by atoms with van der Waals surface area (Å²) in [5, 5.41) is 14.8. The summed E-state index contributed by atoms with van der Waals surface area (Å²) in [5.74, 6) is 1.82. The number of amides is 2. The maximum Gasteiger partial charge on any atom is 0.319 e. The van der Waals surface area contributed by atoms with Crippen molar-refractivity contribution in [2.75, 3.05) is 17.6 Å². The third-order valence-electron chi connectivity index (χ3n) is 3.49. The molecule has 1 aromatic carbocycles. The molecule has 2 heterocycles. The molecule has 0 saturated heterocycles. The van der Waals surface area contributed by atoms with Gasteiger partial charge in [-0.1, -0.05) is 23.1 Å². The van der Waals surface area contributed by atoms with Crippen LogP contribution in [-0.2, 0) is 6.42 Å². The molecule has 1 unspecified atom stereocenters. The molecular formula is C16H20N4O2S2. The first-order chi connectivity index (χ1) is 11.6. The molecule has 0 saturated carbocycles. The van der Waals surface area contributed by atoms with Gasteiger partial charge >= 0.3 is 6.03 Å². The number of carbonyl (C=O) groups is 1. The van der Waals surface area contributed by atoms with E-state index in [9.17, 15) is 4.79 Å². The second-order valence-corrected chi connectivity index (χ2v) is 8.15. The smallest absolute Gasteiger partial charge is 0.319 e. The number of carbonyl (C=O) groups excluding carboxylic acids is 1. The van der Waals surface area contributed by atoms with E-state index in [4.69, 9.17) is 4.74 Å². The van der Waals surface area contributed by atoms with Crippen LogP contribution in [0, 0.1) is 6.92 Å². The van der Waals surface area contributed by atoms with E-state index >= 15 is 0 Å². The van der Waals surface area contributed by atoms with Crippen molar-refractivity contribution in [3.63, 3.8) is 0 Å². The van der Waals surface area contributed by atoms with Crippen LogP contribution in [-0.4, -0.2) is 34.6 Å². The Hall–Kier alpha value is -1.80. The van der Waals surface area contributed by atoms with Gasteiger partial charge in [-0.2, -0.15) is 0 Å². The predicted octanol–water partition coefficient (Wildman–Crippen LogP) is 3.47. The fourth-order valence-corrected chi connectivity index (χ4v) is 4.27. The minimum Gasteiger partial charge on any atom is -0.490 e. The zero-order valence-electron chi connectivity index (χ0n) is 13.7. The van der Waals surface area contributed by atoms with Crippen molar-refractivity contribution in [3.8, 4) is 5.75 Å². The Morgan fingerprint density at radius 2 is 2.33 bits per heavy atom. The van der Waals surface area contributed by atoms with E-state index in [0.29, 0.717) is 6.54 Å². The van der Waals surface area contributed by atoms with Crippen molar-refractivity contribution in [3.05, 3.63) is 28.8 Å². The number of benzene rings is 1. The summed E-state index contributed by atoms with van der Waals surface area (Å²) >= 11 is 3.26. The highest BCUT2D eigenvalue weighted by Gasteiger charge is 2.19. The van der Waals surface area contributed by atoms with Crippen LogP contribution in [0.5, 0.6) is 5.75 Å². The van der Waals surface area contributed by atoms with Crippen molar-refractivity contribution in [1.29, 1.82) is 0 Å². The second kappa shape index (κ2) is 7.85. The SMILES string of the molecule is Cc1nnc(SCCCNC(=O)Nc2ccc3c(c2)CC(C)O3)s1. The Bertz CT molecular complexity index is 720. The van der Waals surface area contributed by atoms with E-state index in [2.05, 4.69) is 20.8 Å². The van der Waals surface area contributed by atoms with Gasteiger partial charge < -0.3 is 15.4 Å². The lowest BCUT2D eigenvalue weighted by Gasteiger charge is -2.08. The summed E-state index contributed by atoms with van der Waals surface area (Å²) in [5.41, 5.74) is 1.94. The number of urea groups is 1. The molecule has 3 rings (SSSR count). The van der Waals surface area contributed by atoms with Gasteiger partial charge in [-0.25, -0.2) is 4.79 Å². The number of hydrogen-bond acceptors (Lipinski definition) is 6. The number of nitrogens with one attached hydrogen (secondary N) is 2. The molecule has 0 spiro atoms. The number of aryl methyl sites for hydroxylation is 1. The Labute approximate surface area is 149 Å². The van der Waals surface area contributed by atoms with E-state index < -0.39 is 0 Å². The standard InChI is InChI=1S/C16H20N4O2S2/c1-10-8-12-9-13(4-5-14(12)22-10)18-15(21)17-6-3-7-23-16-20-19-11(2)24-16/h4-5,9-10H,3,6-8H2,1-2H3,(H2,17,18,21). The van der Waals surface area contributed by atoms with Gasteiger partial charge in [0.2, 0.25) is 0 Å². The molecule has 1 atom stereocenters. The first kappa shape index (κ1) is 17.0. The molecule has 2 N–H and O–H groups in total. The molecule has 6 nitrogen and oxygen atoms in total. The van der Waals surface area contributed by atoms with Crippen LogP contribution in [0.2, 0.25) is 0 Å². The summed E-state index contributed by atoms with van der Waals surface area (Å²) in [6.45, 7) is 4.61. The molecule has 2 amide bonds. The number of nitrogens with zero attached hydrogens (tertiary/aromatic N) is 2. The average Bonchev–Trinajstić information content (AvgIpc) is 3.11. The van der Waals surface area contributed by atoms with Gasteiger partial charge in [-0.15, -0.1) is 10.2 Å². The number of ether oxygens (including phenoxy) is 1. The van der Waals surface area contributed by atoms with Crippen molar-refractivity contribution >= 4 is 34.8 Å². The number of hydrogen-bond donors (Lipinski definition) is 2. The summed E-state index contributed by atoms with van der Waals surface area (Å²) in [6.07, 6.45) is 1.97. The third-order valence-corrected chi connectivity index (χ3v) is 5.55. The van der Waals surface area contributed by atoms with Crippen molar-refractivity contribution in [2.45, 2.75) is 37.1 Å². The van der Waals surface area contributed by atoms with Gasteiger partial charge in [-0.05, 0) is 44.0 Å². The fraction of sp³-hybridized carbons (Fsp3) is 0.438. The third kappa shape index (κ3) is 4.61. The molecule has 0 aliphatic carbocycles. The highest BCUT2D eigenvalue weighted by Crippen LogP contribution is 2.30. The van der Waals surface area contributed by atoms with Gasteiger partial charge in [-0.3, -0.25) is 0 Å². The van der Waals surface area contributed by atoms with Gasteiger partial charge in [0.25, 0.3) is 0 Å². The molecule has 1 aromatic heterocycles. The summed E-state index contributed by atoms with van der Waals surface area (Å²) < 4.78 is 6.64. The molecule has 24 heavy (non-hydrogen) atoms. The molecule has 1 aliphatic rings. The Balaban J connectivity index is 1.36. The Morgan fingerprint density at radius 1 is 1.46 bits per heavy atom. The maximum absolute atomic E-state index is 11.9. The number of thioether (sulfide) groups is 1. The lowest BCUT2D eigenvalue weighted by atomic mass is 10.1. The number of rotatable bonds is 6. The van der Waals surface area contributed by atoms with Gasteiger partial charge in [0, 0.05) is 24.4 Å². The van der Waals surface area contributed by atoms with Crippen LogP contribution >= 0.6 is 23.1 Å². The molecule has 128 valence electrons. The number of aromatic nitrogens is 2. The minimum atomic E-state index is -0.182. The van der Waals surface area contributed by atoms with Crippen LogP contribution in [0.15, 0.2) is 22.5 Å².